The summed E-state index contributed by atoms with van der Waals surface area (Å²) in [5, 5.41) is 14.7. The second-order valence-corrected chi connectivity index (χ2v) is 3.68. The van der Waals surface area contributed by atoms with Gasteiger partial charge < -0.3 is 9.52 Å². The Kier molecular flexibility index (Phi) is 3.13. The molecule has 2 aromatic rings. The summed E-state index contributed by atoms with van der Waals surface area (Å²) >= 11 is 0. The second-order valence-electron chi connectivity index (χ2n) is 3.68. The molecule has 2 rings (SSSR count). The lowest BCUT2D eigenvalue weighted by Gasteiger charge is -1.97. The van der Waals surface area contributed by atoms with Crippen molar-refractivity contribution in [2.45, 2.75) is 13.5 Å². The first-order valence-corrected chi connectivity index (χ1v) is 5.16. The van der Waals surface area contributed by atoms with Gasteiger partial charge in [0.15, 0.2) is 11.5 Å². The smallest absolute Gasteiger partial charge is 0.409 e. The second kappa shape index (κ2) is 4.74. The van der Waals surface area contributed by atoms with Gasteiger partial charge >= 0.3 is 6.09 Å². The molecule has 2 aromatic heterocycles. The molecule has 7 nitrogen and oxygen atoms in total. The summed E-state index contributed by atoms with van der Waals surface area (Å²) in [6.07, 6.45) is 1.78. The summed E-state index contributed by atoms with van der Waals surface area (Å²) in [5.74, 6) is 0.723. The van der Waals surface area contributed by atoms with E-state index in [1.54, 1.807) is 12.1 Å². The minimum atomic E-state index is -1.15. The molecule has 2 heterocycles. The third-order valence-electron chi connectivity index (χ3n) is 2.21. The quantitative estimate of drug-likeness (QED) is 0.805. The van der Waals surface area contributed by atoms with Crippen molar-refractivity contribution in [3.05, 3.63) is 36.0 Å². The average molecular weight is 249 g/mol. The monoisotopic (exact) mass is 249 g/mol. The zero-order chi connectivity index (χ0) is 13.1. The Bertz CT molecular complexity index is 585. The molecule has 0 saturated carbocycles. The minimum Gasteiger partial charge on any atom is -0.465 e. The number of rotatable bonds is 4. The zero-order valence-corrected chi connectivity index (χ0v) is 9.58. The van der Waals surface area contributed by atoms with Crippen LogP contribution in [0.15, 0.2) is 28.9 Å². The molecule has 0 spiro atoms. The van der Waals surface area contributed by atoms with E-state index in [0.29, 0.717) is 23.8 Å². The number of furan rings is 1. The standard InChI is InChI=1S/C11H11N3O4/c1-7(15)10-3-2-9(18-10)6-14-5-8(4-12-14)13-11(16)17/h2-5,13H,6H2,1H3,(H,16,17). The maximum Gasteiger partial charge on any atom is 0.409 e. The molecule has 1 amide bonds. The number of aromatic nitrogens is 2. The van der Waals surface area contributed by atoms with Gasteiger partial charge in [0.1, 0.15) is 5.76 Å². The van der Waals surface area contributed by atoms with E-state index in [9.17, 15) is 9.59 Å². The summed E-state index contributed by atoms with van der Waals surface area (Å²) in [4.78, 5) is 21.5. The van der Waals surface area contributed by atoms with E-state index in [1.165, 1.54) is 24.0 Å². The number of nitrogens with one attached hydrogen (secondary N) is 1. The molecular formula is C11H11N3O4. The number of carbonyl (C=O) groups is 2. The number of nitrogens with zero attached hydrogens (tertiary/aromatic N) is 2. The van der Waals surface area contributed by atoms with Crippen LogP contribution in [0.1, 0.15) is 23.2 Å². The number of carbonyl (C=O) groups excluding carboxylic acids is 1. The Morgan fingerprint density at radius 1 is 1.50 bits per heavy atom. The van der Waals surface area contributed by atoms with Crippen molar-refractivity contribution in [3.63, 3.8) is 0 Å². The molecule has 0 atom stereocenters. The van der Waals surface area contributed by atoms with Gasteiger partial charge in [-0.2, -0.15) is 5.10 Å². The molecule has 0 unspecified atom stereocenters. The molecule has 94 valence electrons. The fraction of sp³-hybridized carbons (Fsp3) is 0.182. The van der Waals surface area contributed by atoms with Crippen LogP contribution in [0.5, 0.6) is 0 Å². The normalized spacial score (nSPS) is 10.3. The van der Waals surface area contributed by atoms with Crippen molar-refractivity contribution in [1.29, 1.82) is 0 Å². The molecule has 0 aliphatic carbocycles. The predicted octanol–water partition coefficient (Wildman–Crippen LogP) is 1.82. The van der Waals surface area contributed by atoms with E-state index in [1.807, 2.05) is 0 Å². The highest BCUT2D eigenvalue weighted by molar-refractivity contribution is 5.91. The molecule has 7 heteroatoms. The van der Waals surface area contributed by atoms with Crippen LogP contribution >= 0.6 is 0 Å². The molecule has 2 N–H and O–H groups in total. The van der Waals surface area contributed by atoms with Gasteiger partial charge in [0.25, 0.3) is 0 Å². The largest absolute Gasteiger partial charge is 0.465 e. The SMILES string of the molecule is CC(=O)c1ccc(Cn2cc(NC(=O)O)cn2)o1. The Labute approximate surface area is 102 Å². The van der Waals surface area contributed by atoms with Crippen molar-refractivity contribution in [2.75, 3.05) is 5.32 Å². The van der Waals surface area contributed by atoms with Crippen LogP contribution in [-0.2, 0) is 6.54 Å². The molecule has 0 fully saturated rings. The maximum absolute atomic E-state index is 11.0. The summed E-state index contributed by atoms with van der Waals surface area (Å²) in [7, 11) is 0. The van der Waals surface area contributed by atoms with E-state index < -0.39 is 6.09 Å². The number of carboxylic acid groups (broad SMARTS) is 1. The third kappa shape index (κ3) is 2.76. The lowest BCUT2D eigenvalue weighted by atomic mass is 10.3. The van der Waals surface area contributed by atoms with Crippen LogP contribution in [-0.4, -0.2) is 26.8 Å². The minimum absolute atomic E-state index is 0.144. The first kappa shape index (κ1) is 11.9. The maximum atomic E-state index is 11.0. The van der Waals surface area contributed by atoms with Crippen LogP contribution in [0.25, 0.3) is 0 Å². The fourth-order valence-electron chi connectivity index (χ4n) is 1.45. The van der Waals surface area contributed by atoms with Gasteiger partial charge in [-0.25, -0.2) is 4.79 Å². The molecular weight excluding hydrogens is 238 g/mol. The molecule has 0 radical (unpaired) electrons. The highest BCUT2D eigenvalue weighted by Crippen LogP contribution is 2.11. The highest BCUT2D eigenvalue weighted by atomic mass is 16.4. The van der Waals surface area contributed by atoms with Gasteiger partial charge in [0, 0.05) is 13.1 Å². The lowest BCUT2D eigenvalue weighted by molar-refractivity contribution is 0.0985. The van der Waals surface area contributed by atoms with Gasteiger partial charge in [-0.1, -0.05) is 0 Å². The van der Waals surface area contributed by atoms with Crippen molar-refractivity contribution < 1.29 is 19.1 Å². The van der Waals surface area contributed by atoms with Crippen molar-refractivity contribution in [1.82, 2.24) is 9.78 Å². The Hall–Kier alpha value is -2.57. The fourth-order valence-corrected chi connectivity index (χ4v) is 1.45. The van der Waals surface area contributed by atoms with Crippen molar-refractivity contribution in [2.24, 2.45) is 0 Å². The van der Waals surface area contributed by atoms with Gasteiger partial charge in [0.2, 0.25) is 0 Å². The molecule has 18 heavy (non-hydrogen) atoms. The Morgan fingerprint density at radius 2 is 2.28 bits per heavy atom. The number of amides is 1. The van der Waals surface area contributed by atoms with Crippen molar-refractivity contribution >= 4 is 17.6 Å². The van der Waals surface area contributed by atoms with E-state index in [2.05, 4.69) is 10.4 Å². The van der Waals surface area contributed by atoms with Gasteiger partial charge in [0.05, 0.1) is 18.4 Å². The Balaban J connectivity index is 2.06. The summed E-state index contributed by atoms with van der Waals surface area (Å²) in [5.41, 5.74) is 0.376. The number of Topliss-reactive ketones (excluding diaryl/α,β-unsaturated/α-hetero) is 1. The highest BCUT2D eigenvalue weighted by Gasteiger charge is 2.08. The van der Waals surface area contributed by atoms with Crippen LogP contribution in [0.2, 0.25) is 0 Å². The van der Waals surface area contributed by atoms with Crippen LogP contribution in [0, 0.1) is 0 Å². The number of hydrogen-bond donors (Lipinski definition) is 2. The first-order valence-electron chi connectivity index (χ1n) is 5.16. The van der Waals surface area contributed by atoms with Gasteiger partial charge in [-0.3, -0.25) is 14.8 Å². The number of hydrogen-bond acceptors (Lipinski definition) is 4. The topological polar surface area (TPSA) is 97.4 Å². The zero-order valence-electron chi connectivity index (χ0n) is 9.58. The summed E-state index contributed by atoms with van der Waals surface area (Å²) in [6.45, 7) is 1.75. The molecule has 0 aliphatic heterocycles. The van der Waals surface area contributed by atoms with Crippen molar-refractivity contribution in [3.8, 4) is 0 Å². The first-order chi connectivity index (χ1) is 8.54. The number of anilines is 1. The van der Waals surface area contributed by atoms with Gasteiger partial charge in [-0.15, -0.1) is 0 Å². The Morgan fingerprint density at radius 3 is 2.89 bits per heavy atom. The van der Waals surface area contributed by atoms with Crippen LogP contribution in [0.4, 0.5) is 10.5 Å². The number of ketones is 1. The lowest BCUT2D eigenvalue weighted by Crippen LogP contribution is -2.06. The van der Waals surface area contributed by atoms with E-state index >= 15 is 0 Å². The molecule has 0 aliphatic rings. The van der Waals surface area contributed by atoms with E-state index in [0.717, 1.165) is 0 Å². The molecule has 0 aromatic carbocycles. The molecule has 0 bridgehead atoms. The van der Waals surface area contributed by atoms with Gasteiger partial charge in [-0.05, 0) is 12.1 Å². The predicted molar refractivity (Wildman–Crippen MR) is 61.7 cm³/mol. The van der Waals surface area contributed by atoms with E-state index in [4.69, 9.17) is 9.52 Å². The third-order valence-corrected chi connectivity index (χ3v) is 2.21. The summed E-state index contributed by atoms with van der Waals surface area (Å²) in [6, 6.07) is 3.28. The van der Waals surface area contributed by atoms with E-state index in [-0.39, 0.29) is 5.78 Å². The summed E-state index contributed by atoms with van der Waals surface area (Å²) < 4.78 is 6.80. The van der Waals surface area contributed by atoms with Crippen LogP contribution in [0.3, 0.4) is 0 Å². The molecule has 0 saturated heterocycles. The average Bonchev–Trinajstić information content (AvgIpc) is 2.88. The van der Waals surface area contributed by atoms with Crippen LogP contribution < -0.4 is 5.32 Å².